The van der Waals surface area contributed by atoms with Crippen LogP contribution in [0.2, 0.25) is 0 Å². The molecular weight excluding hydrogens is 210 g/mol. The minimum Gasteiger partial charge on any atom is -0.310 e. The summed E-state index contributed by atoms with van der Waals surface area (Å²) in [5.74, 6) is 0. The second-order valence-electron chi connectivity index (χ2n) is 6.93. The maximum Gasteiger partial charge on any atom is 0.0543 e. The Labute approximate surface area is 106 Å². The van der Waals surface area contributed by atoms with Gasteiger partial charge in [-0.05, 0) is 33.1 Å². The number of nitrogens with zero attached hydrogens (tertiary/aromatic N) is 2. The van der Waals surface area contributed by atoms with Gasteiger partial charge in [-0.25, -0.2) is 0 Å². The molecule has 1 atom stereocenters. The smallest absolute Gasteiger partial charge is 0.0543 e. The Balaban J connectivity index is 2.57. The Morgan fingerprint density at radius 3 is 2.24 bits per heavy atom. The fraction of sp³-hybridized carbons (Fsp3) is 0.786. The molecule has 0 aliphatic rings. The largest absolute Gasteiger partial charge is 0.310 e. The maximum absolute atomic E-state index is 4.40. The van der Waals surface area contributed by atoms with Crippen molar-refractivity contribution in [2.24, 2.45) is 5.41 Å². The van der Waals surface area contributed by atoms with E-state index in [1.165, 1.54) is 5.56 Å². The van der Waals surface area contributed by atoms with Crippen LogP contribution in [0.4, 0.5) is 0 Å². The first-order valence-electron chi connectivity index (χ1n) is 6.38. The first kappa shape index (κ1) is 14.2. The summed E-state index contributed by atoms with van der Waals surface area (Å²) in [6, 6.07) is 0.487. The van der Waals surface area contributed by atoms with E-state index < -0.39 is 0 Å². The van der Waals surface area contributed by atoms with Crippen molar-refractivity contribution in [3.8, 4) is 0 Å². The van der Waals surface area contributed by atoms with E-state index in [9.17, 15) is 0 Å². The highest BCUT2D eigenvalue weighted by molar-refractivity contribution is 5.05. The van der Waals surface area contributed by atoms with Crippen LogP contribution in [0.25, 0.3) is 0 Å². The molecule has 98 valence electrons. The van der Waals surface area contributed by atoms with Gasteiger partial charge in [-0.1, -0.05) is 20.8 Å². The van der Waals surface area contributed by atoms with Crippen molar-refractivity contribution in [1.29, 1.82) is 0 Å². The van der Waals surface area contributed by atoms with Crippen LogP contribution in [0.3, 0.4) is 0 Å². The van der Waals surface area contributed by atoms with Gasteiger partial charge in [-0.2, -0.15) is 5.10 Å². The third kappa shape index (κ3) is 4.15. The Morgan fingerprint density at radius 1 is 1.24 bits per heavy atom. The van der Waals surface area contributed by atoms with Crippen LogP contribution in [-0.4, -0.2) is 15.8 Å². The summed E-state index contributed by atoms with van der Waals surface area (Å²) in [7, 11) is 0. The Kier molecular flexibility index (Phi) is 4.03. The standard InChI is InChI=1S/C14H27N3/c1-11(13(2,3)4)15-8-12-9-16-17(10-12)14(5,6)7/h9-11,15H,8H2,1-7H3. The normalized spacial score (nSPS) is 15.0. The lowest BCUT2D eigenvalue weighted by molar-refractivity contribution is 0.285. The van der Waals surface area contributed by atoms with Crippen molar-refractivity contribution >= 4 is 0 Å². The van der Waals surface area contributed by atoms with Gasteiger partial charge in [0.05, 0.1) is 11.7 Å². The zero-order valence-electron chi connectivity index (χ0n) is 12.3. The third-order valence-electron chi connectivity index (χ3n) is 3.23. The molecule has 0 aromatic carbocycles. The molecule has 0 aliphatic heterocycles. The number of rotatable bonds is 3. The molecule has 0 spiro atoms. The quantitative estimate of drug-likeness (QED) is 0.875. The van der Waals surface area contributed by atoms with E-state index in [-0.39, 0.29) is 5.54 Å². The molecule has 0 fully saturated rings. The van der Waals surface area contributed by atoms with E-state index in [2.05, 4.69) is 65.1 Å². The predicted molar refractivity (Wildman–Crippen MR) is 73.0 cm³/mol. The van der Waals surface area contributed by atoms with Gasteiger partial charge >= 0.3 is 0 Å². The third-order valence-corrected chi connectivity index (χ3v) is 3.23. The molecule has 3 heteroatoms. The van der Waals surface area contributed by atoms with Crippen molar-refractivity contribution in [2.45, 2.75) is 66.6 Å². The van der Waals surface area contributed by atoms with Gasteiger partial charge in [-0.15, -0.1) is 0 Å². The summed E-state index contributed by atoms with van der Waals surface area (Å²) < 4.78 is 2.02. The average molecular weight is 237 g/mol. The number of nitrogens with one attached hydrogen (secondary N) is 1. The molecule has 1 unspecified atom stereocenters. The van der Waals surface area contributed by atoms with Crippen LogP contribution in [-0.2, 0) is 12.1 Å². The second kappa shape index (κ2) is 4.81. The molecule has 0 radical (unpaired) electrons. The van der Waals surface area contributed by atoms with Gasteiger partial charge in [0.1, 0.15) is 0 Å². The molecule has 0 bridgehead atoms. The van der Waals surface area contributed by atoms with Crippen molar-refractivity contribution in [1.82, 2.24) is 15.1 Å². The lowest BCUT2D eigenvalue weighted by Gasteiger charge is -2.28. The summed E-state index contributed by atoms with van der Waals surface area (Å²) in [5.41, 5.74) is 1.60. The summed E-state index contributed by atoms with van der Waals surface area (Å²) >= 11 is 0. The fourth-order valence-corrected chi connectivity index (χ4v) is 1.40. The molecule has 0 amide bonds. The highest BCUT2D eigenvalue weighted by atomic mass is 15.3. The summed E-state index contributed by atoms with van der Waals surface area (Å²) in [6.07, 6.45) is 4.08. The molecule has 1 rings (SSSR count). The van der Waals surface area contributed by atoms with E-state index in [1.807, 2.05) is 10.9 Å². The van der Waals surface area contributed by atoms with Gasteiger partial charge in [-0.3, -0.25) is 4.68 Å². The molecular formula is C14H27N3. The maximum atomic E-state index is 4.40. The molecule has 1 N–H and O–H groups in total. The van der Waals surface area contributed by atoms with E-state index >= 15 is 0 Å². The predicted octanol–water partition coefficient (Wildman–Crippen LogP) is 3.16. The fourth-order valence-electron chi connectivity index (χ4n) is 1.40. The van der Waals surface area contributed by atoms with E-state index in [0.717, 1.165) is 6.54 Å². The molecule has 0 saturated carbocycles. The Morgan fingerprint density at radius 2 is 1.82 bits per heavy atom. The van der Waals surface area contributed by atoms with E-state index in [0.29, 0.717) is 11.5 Å². The summed E-state index contributed by atoms with van der Waals surface area (Å²) in [6.45, 7) is 16.4. The highest BCUT2D eigenvalue weighted by Crippen LogP contribution is 2.19. The van der Waals surface area contributed by atoms with Crippen molar-refractivity contribution in [3.63, 3.8) is 0 Å². The topological polar surface area (TPSA) is 29.9 Å². The molecule has 0 aliphatic carbocycles. The molecule has 1 aromatic heterocycles. The minimum absolute atomic E-state index is 0.0634. The lowest BCUT2D eigenvalue weighted by atomic mass is 9.88. The van der Waals surface area contributed by atoms with Crippen LogP contribution in [0.15, 0.2) is 12.4 Å². The second-order valence-corrected chi connectivity index (χ2v) is 6.93. The highest BCUT2D eigenvalue weighted by Gasteiger charge is 2.19. The first-order chi connectivity index (χ1) is 7.60. The van der Waals surface area contributed by atoms with Crippen LogP contribution in [0, 0.1) is 5.41 Å². The molecule has 1 heterocycles. The first-order valence-corrected chi connectivity index (χ1v) is 6.38. The Hall–Kier alpha value is -0.830. The van der Waals surface area contributed by atoms with Gasteiger partial charge in [0, 0.05) is 24.3 Å². The van der Waals surface area contributed by atoms with Gasteiger partial charge in [0.2, 0.25) is 0 Å². The number of aromatic nitrogens is 2. The monoisotopic (exact) mass is 237 g/mol. The van der Waals surface area contributed by atoms with Crippen LogP contribution >= 0.6 is 0 Å². The SMILES string of the molecule is CC(NCc1cnn(C(C)(C)C)c1)C(C)(C)C. The van der Waals surface area contributed by atoms with Gasteiger partial charge in [0.25, 0.3) is 0 Å². The van der Waals surface area contributed by atoms with Crippen molar-refractivity contribution in [3.05, 3.63) is 18.0 Å². The molecule has 0 saturated heterocycles. The van der Waals surface area contributed by atoms with Crippen LogP contribution in [0.5, 0.6) is 0 Å². The minimum atomic E-state index is 0.0634. The number of hydrogen-bond acceptors (Lipinski definition) is 2. The van der Waals surface area contributed by atoms with Gasteiger partial charge < -0.3 is 5.32 Å². The number of hydrogen-bond donors (Lipinski definition) is 1. The zero-order valence-corrected chi connectivity index (χ0v) is 12.3. The molecule has 1 aromatic rings. The molecule has 17 heavy (non-hydrogen) atoms. The average Bonchev–Trinajstić information content (AvgIpc) is 2.59. The zero-order chi connectivity index (χ0) is 13.3. The summed E-state index contributed by atoms with van der Waals surface area (Å²) in [4.78, 5) is 0. The van der Waals surface area contributed by atoms with E-state index in [1.54, 1.807) is 0 Å². The molecule has 3 nitrogen and oxygen atoms in total. The summed E-state index contributed by atoms with van der Waals surface area (Å²) in [5, 5.41) is 7.95. The van der Waals surface area contributed by atoms with Crippen molar-refractivity contribution < 1.29 is 0 Å². The Bertz CT molecular complexity index is 352. The van der Waals surface area contributed by atoms with Crippen LogP contribution in [0.1, 0.15) is 54.0 Å². The van der Waals surface area contributed by atoms with E-state index in [4.69, 9.17) is 0 Å². The van der Waals surface area contributed by atoms with Gasteiger partial charge in [0.15, 0.2) is 0 Å². The van der Waals surface area contributed by atoms with Crippen LogP contribution < -0.4 is 5.32 Å². The lowest BCUT2D eigenvalue weighted by Crippen LogP contribution is -2.37. The van der Waals surface area contributed by atoms with Crippen molar-refractivity contribution in [2.75, 3.05) is 0 Å².